The van der Waals surface area contributed by atoms with Crippen LogP contribution < -0.4 is 14.2 Å². The van der Waals surface area contributed by atoms with Gasteiger partial charge in [0, 0.05) is 0 Å². The standard InChI is InChI=1S/C21H18O4/c1-23-18-11-13-19(14-12-18)24-15-16-7-9-17(10-8-16)21(22)25-20-5-3-2-4-6-20/h2-14H,15H2,1H3. The van der Waals surface area contributed by atoms with Crippen molar-refractivity contribution in [1.29, 1.82) is 0 Å². The third-order valence-corrected chi connectivity index (χ3v) is 3.61. The summed E-state index contributed by atoms with van der Waals surface area (Å²) in [4.78, 5) is 12.1. The lowest BCUT2D eigenvalue weighted by molar-refractivity contribution is 0.0734. The minimum absolute atomic E-state index is 0.381. The summed E-state index contributed by atoms with van der Waals surface area (Å²) in [5.41, 5.74) is 1.46. The Hall–Kier alpha value is -3.27. The van der Waals surface area contributed by atoms with Crippen LogP contribution in [0.25, 0.3) is 0 Å². The molecule has 0 aromatic heterocycles. The first-order valence-corrected chi connectivity index (χ1v) is 7.87. The Morgan fingerprint density at radius 2 is 1.40 bits per heavy atom. The number of ether oxygens (including phenoxy) is 3. The van der Waals surface area contributed by atoms with E-state index in [9.17, 15) is 4.79 Å². The van der Waals surface area contributed by atoms with Crippen molar-refractivity contribution in [1.82, 2.24) is 0 Å². The Balaban J connectivity index is 1.57. The van der Waals surface area contributed by atoms with Crippen LogP contribution in [0.5, 0.6) is 17.2 Å². The Kier molecular flexibility index (Phi) is 5.32. The van der Waals surface area contributed by atoms with Crippen molar-refractivity contribution in [2.45, 2.75) is 6.61 Å². The van der Waals surface area contributed by atoms with Crippen LogP contribution in [0.2, 0.25) is 0 Å². The fourth-order valence-electron chi connectivity index (χ4n) is 2.23. The third-order valence-electron chi connectivity index (χ3n) is 3.61. The molecule has 0 fully saturated rings. The number of hydrogen-bond acceptors (Lipinski definition) is 4. The summed E-state index contributed by atoms with van der Waals surface area (Å²) in [5.74, 6) is 1.69. The molecule has 126 valence electrons. The van der Waals surface area contributed by atoms with Gasteiger partial charge < -0.3 is 14.2 Å². The maximum atomic E-state index is 12.1. The summed E-state index contributed by atoms with van der Waals surface area (Å²) in [7, 11) is 1.63. The van der Waals surface area contributed by atoms with Gasteiger partial charge in [-0.1, -0.05) is 30.3 Å². The minimum Gasteiger partial charge on any atom is -0.497 e. The Bertz CT molecular complexity index is 809. The largest absolute Gasteiger partial charge is 0.497 e. The predicted molar refractivity (Wildman–Crippen MR) is 95.2 cm³/mol. The highest BCUT2D eigenvalue weighted by atomic mass is 16.5. The quantitative estimate of drug-likeness (QED) is 0.492. The van der Waals surface area contributed by atoms with Crippen molar-refractivity contribution in [3.63, 3.8) is 0 Å². The highest BCUT2D eigenvalue weighted by molar-refractivity contribution is 5.91. The molecule has 25 heavy (non-hydrogen) atoms. The molecular formula is C21H18O4. The number of carbonyl (C=O) groups excluding carboxylic acids is 1. The summed E-state index contributed by atoms with van der Waals surface area (Å²) < 4.78 is 16.1. The maximum Gasteiger partial charge on any atom is 0.343 e. The molecule has 0 radical (unpaired) electrons. The van der Waals surface area contributed by atoms with E-state index < -0.39 is 0 Å². The Morgan fingerprint density at radius 1 is 0.760 bits per heavy atom. The smallest absolute Gasteiger partial charge is 0.343 e. The number of carbonyl (C=O) groups is 1. The van der Waals surface area contributed by atoms with Crippen molar-refractivity contribution < 1.29 is 19.0 Å². The first kappa shape index (κ1) is 16.6. The highest BCUT2D eigenvalue weighted by Gasteiger charge is 2.08. The number of hydrogen-bond donors (Lipinski definition) is 0. The molecule has 0 spiro atoms. The normalized spacial score (nSPS) is 10.1. The van der Waals surface area contributed by atoms with Gasteiger partial charge in [-0.15, -0.1) is 0 Å². The van der Waals surface area contributed by atoms with Crippen LogP contribution >= 0.6 is 0 Å². The highest BCUT2D eigenvalue weighted by Crippen LogP contribution is 2.18. The second-order valence-electron chi connectivity index (χ2n) is 5.36. The monoisotopic (exact) mass is 334 g/mol. The fourth-order valence-corrected chi connectivity index (χ4v) is 2.23. The summed E-state index contributed by atoms with van der Waals surface area (Å²) in [6.07, 6.45) is 0. The van der Waals surface area contributed by atoms with E-state index in [4.69, 9.17) is 14.2 Å². The van der Waals surface area contributed by atoms with Crippen LogP contribution in [-0.2, 0) is 6.61 Å². The second-order valence-corrected chi connectivity index (χ2v) is 5.36. The van der Waals surface area contributed by atoms with Gasteiger partial charge in [0.05, 0.1) is 12.7 Å². The van der Waals surface area contributed by atoms with E-state index in [1.807, 2.05) is 54.6 Å². The number of benzene rings is 3. The van der Waals surface area contributed by atoms with Crippen molar-refractivity contribution in [2.24, 2.45) is 0 Å². The molecule has 0 heterocycles. The Labute approximate surface area is 146 Å². The molecule has 3 aromatic carbocycles. The van der Waals surface area contributed by atoms with Crippen molar-refractivity contribution in [3.05, 3.63) is 90.0 Å². The summed E-state index contributed by atoms with van der Waals surface area (Å²) in [6, 6.07) is 23.6. The Morgan fingerprint density at radius 3 is 2.04 bits per heavy atom. The van der Waals surface area contributed by atoms with E-state index in [0.717, 1.165) is 17.1 Å². The molecule has 4 nitrogen and oxygen atoms in total. The van der Waals surface area contributed by atoms with E-state index in [-0.39, 0.29) is 5.97 Å². The van der Waals surface area contributed by atoms with Gasteiger partial charge in [0.2, 0.25) is 0 Å². The summed E-state index contributed by atoms with van der Waals surface area (Å²) in [6.45, 7) is 0.417. The van der Waals surface area contributed by atoms with Crippen LogP contribution in [0, 0.1) is 0 Å². The van der Waals surface area contributed by atoms with E-state index in [2.05, 4.69) is 0 Å². The lowest BCUT2D eigenvalue weighted by atomic mass is 10.1. The first-order chi connectivity index (χ1) is 12.2. The number of rotatable bonds is 6. The van der Waals surface area contributed by atoms with Crippen LogP contribution in [0.1, 0.15) is 15.9 Å². The van der Waals surface area contributed by atoms with Gasteiger partial charge >= 0.3 is 5.97 Å². The molecule has 0 atom stereocenters. The predicted octanol–water partition coefficient (Wildman–Crippen LogP) is 4.49. The van der Waals surface area contributed by atoms with Gasteiger partial charge in [-0.2, -0.15) is 0 Å². The van der Waals surface area contributed by atoms with Gasteiger partial charge in [0.1, 0.15) is 23.9 Å². The second kappa shape index (κ2) is 8.02. The van der Waals surface area contributed by atoms with E-state index >= 15 is 0 Å². The maximum absolute atomic E-state index is 12.1. The number of esters is 1. The SMILES string of the molecule is COc1ccc(OCc2ccc(C(=O)Oc3ccccc3)cc2)cc1. The average Bonchev–Trinajstić information content (AvgIpc) is 2.68. The lowest BCUT2D eigenvalue weighted by Crippen LogP contribution is -2.08. The van der Waals surface area contributed by atoms with Gasteiger partial charge in [0.15, 0.2) is 0 Å². The molecular weight excluding hydrogens is 316 g/mol. The molecule has 3 aromatic rings. The van der Waals surface area contributed by atoms with Crippen molar-refractivity contribution >= 4 is 5.97 Å². The molecule has 0 saturated carbocycles. The first-order valence-electron chi connectivity index (χ1n) is 7.87. The molecule has 0 aliphatic carbocycles. The average molecular weight is 334 g/mol. The molecule has 3 rings (SSSR count). The topological polar surface area (TPSA) is 44.8 Å². The molecule has 0 aliphatic heterocycles. The van der Waals surface area contributed by atoms with Gasteiger partial charge in [-0.3, -0.25) is 0 Å². The van der Waals surface area contributed by atoms with Gasteiger partial charge in [0.25, 0.3) is 0 Å². The lowest BCUT2D eigenvalue weighted by Gasteiger charge is -2.08. The molecule has 0 saturated heterocycles. The zero-order chi connectivity index (χ0) is 17.5. The van der Waals surface area contributed by atoms with Crippen LogP contribution in [0.15, 0.2) is 78.9 Å². The van der Waals surface area contributed by atoms with Gasteiger partial charge in [-0.05, 0) is 54.1 Å². The van der Waals surface area contributed by atoms with E-state index in [1.54, 1.807) is 31.4 Å². The third kappa shape index (κ3) is 4.61. The number of methoxy groups -OCH3 is 1. The number of para-hydroxylation sites is 1. The van der Waals surface area contributed by atoms with Crippen LogP contribution in [0.4, 0.5) is 0 Å². The molecule has 4 heteroatoms. The molecule has 0 N–H and O–H groups in total. The fraction of sp³-hybridized carbons (Fsp3) is 0.0952. The zero-order valence-electron chi connectivity index (χ0n) is 13.8. The van der Waals surface area contributed by atoms with E-state index in [1.165, 1.54) is 0 Å². The molecule has 0 unspecified atom stereocenters. The summed E-state index contributed by atoms with van der Waals surface area (Å²) >= 11 is 0. The van der Waals surface area contributed by atoms with Crippen molar-refractivity contribution in [3.8, 4) is 17.2 Å². The van der Waals surface area contributed by atoms with Gasteiger partial charge in [-0.25, -0.2) is 4.79 Å². The minimum atomic E-state index is -0.381. The molecule has 0 aliphatic rings. The molecule has 0 amide bonds. The molecule has 0 bridgehead atoms. The van der Waals surface area contributed by atoms with E-state index in [0.29, 0.717) is 17.9 Å². The zero-order valence-corrected chi connectivity index (χ0v) is 13.8. The van der Waals surface area contributed by atoms with Crippen LogP contribution in [-0.4, -0.2) is 13.1 Å². The summed E-state index contributed by atoms with van der Waals surface area (Å²) in [5, 5.41) is 0. The van der Waals surface area contributed by atoms with Crippen LogP contribution in [0.3, 0.4) is 0 Å². The van der Waals surface area contributed by atoms with Crippen molar-refractivity contribution in [2.75, 3.05) is 7.11 Å².